The molecule has 0 saturated heterocycles. The lowest BCUT2D eigenvalue weighted by Crippen LogP contribution is -2.24. The molecule has 0 atom stereocenters. The summed E-state index contributed by atoms with van der Waals surface area (Å²) in [7, 11) is 3.20. The minimum Gasteiger partial charge on any atom is -0.504 e. The zero-order valence-electron chi connectivity index (χ0n) is 20.8. The van der Waals surface area contributed by atoms with Crippen molar-refractivity contribution in [1.82, 2.24) is 30.6 Å². The van der Waals surface area contributed by atoms with Crippen LogP contribution in [-0.4, -0.2) is 69.1 Å². The Morgan fingerprint density at radius 1 is 0.865 bits per heavy atom. The molecule has 4 rings (SSSR count). The Balaban J connectivity index is 0.000000244. The number of aromatic nitrogens is 4. The number of nitrogens with two attached hydrogens (primary N) is 1. The average Bonchev–Trinajstić information content (AvgIpc) is 2.93. The van der Waals surface area contributed by atoms with Crippen molar-refractivity contribution in [3.05, 3.63) is 52.7 Å². The molecule has 0 fully saturated rings. The number of carbonyl (C=O) groups is 2. The number of nitrogens with one attached hydrogen (secondary N) is 3. The van der Waals surface area contributed by atoms with Crippen molar-refractivity contribution in [3.8, 4) is 11.5 Å². The first-order valence-electron chi connectivity index (χ1n) is 11.3. The van der Waals surface area contributed by atoms with E-state index in [0.29, 0.717) is 45.3 Å². The number of hydrogen-bond acceptors (Lipinski definition) is 10. The van der Waals surface area contributed by atoms with Crippen molar-refractivity contribution in [2.24, 2.45) is 5.73 Å². The van der Waals surface area contributed by atoms with Gasteiger partial charge in [0.05, 0.1) is 0 Å². The molecule has 0 saturated carbocycles. The molecular formula is C24H29BrN8O4. The highest BCUT2D eigenvalue weighted by Crippen LogP contribution is 2.31. The maximum Gasteiger partial charge on any atom is 0.273 e. The van der Waals surface area contributed by atoms with Crippen LogP contribution in [0.5, 0.6) is 11.5 Å². The van der Waals surface area contributed by atoms with Gasteiger partial charge in [0, 0.05) is 43.3 Å². The highest BCUT2D eigenvalue weighted by atomic mass is 79.9. The van der Waals surface area contributed by atoms with E-state index in [1.807, 2.05) is 0 Å². The van der Waals surface area contributed by atoms with E-state index in [2.05, 4.69) is 57.5 Å². The number of pyridine rings is 4. The summed E-state index contributed by atoms with van der Waals surface area (Å²) in [6, 6.07) is 7.03. The summed E-state index contributed by atoms with van der Waals surface area (Å²) in [5, 5.41) is 29.4. The molecule has 0 bridgehead atoms. The molecule has 0 unspecified atom stereocenters. The van der Waals surface area contributed by atoms with Crippen molar-refractivity contribution in [2.45, 2.75) is 13.8 Å². The van der Waals surface area contributed by atoms with Crippen molar-refractivity contribution in [3.63, 3.8) is 0 Å². The lowest BCUT2D eigenvalue weighted by Gasteiger charge is -2.10. The van der Waals surface area contributed by atoms with Crippen LogP contribution >= 0.6 is 15.9 Å². The minimum absolute atomic E-state index is 0.0209. The first-order chi connectivity index (χ1) is 17.8. The Bertz CT molecular complexity index is 1400. The van der Waals surface area contributed by atoms with Gasteiger partial charge in [0.15, 0.2) is 22.9 Å². The molecular weight excluding hydrogens is 544 g/mol. The number of carbonyl (C=O) groups excluding carboxylic acids is 2. The highest BCUT2D eigenvalue weighted by molar-refractivity contribution is 9.10. The van der Waals surface area contributed by atoms with Crippen LogP contribution < -0.4 is 21.7 Å². The van der Waals surface area contributed by atoms with Crippen LogP contribution in [0.25, 0.3) is 21.8 Å². The number of amides is 2. The SMILES string of the molecule is CCNC(=O)c1nc(Br)c2cccnc2c1O.CCNC(=O)c1nc(NC)c2cccnc2c1O.CN. The van der Waals surface area contributed by atoms with Crippen LogP contribution in [0.3, 0.4) is 0 Å². The monoisotopic (exact) mass is 572 g/mol. The van der Waals surface area contributed by atoms with Gasteiger partial charge in [-0.3, -0.25) is 19.6 Å². The van der Waals surface area contributed by atoms with Gasteiger partial charge >= 0.3 is 0 Å². The summed E-state index contributed by atoms with van der Waals surface area (Å²) in [6.07, 6.45) is 3.11. The highest BCUT2D eigenvalue weighted by Gasteiger charge is 2.19. The van der Waals surface area contributed by atoms with Crippen molar-refractivity contribution in [2.75, 3.05) is 32.5 Å². The van der Waals surface area contributed by atoms with Crippen LogP contribution in [0.4, 0.5) is 5.82 Å². The van der Waals surface area contributed by atoms with E-state index < -0.39 is 11.8 Å². The third-order valence-corrected chi connectivity index (χ3v) is 5.37. The summed E-state index contributed by atoms with van der Waals surface area (Å²) in [5.41, 5.74) is 5.17. The van der Waals surface area contributed by atoms with Gasteiger partial charge in [-0.1, -0.05) is 0 Å². The van der Waals surface area contributed by atoms with Gasteiger partial charge in [-0.25, -0.2) is 9.97 Å². The van der Waals surface area contributed by atoms with E-state index in [1.165, 1.54) is 7.05 Å². The maximum atomic E-state index is 11.8. The minimum atomic E-state index is -0.418. The van der Waals surface area contributed by atoms with E-state index in [4.69, 9.17) is 0 Å². The smallest absolute Gasteiger partial charge is 0.273 e. The zero-order valence-corrected chi connectivity index (χ0v) is 22.4. The third-order valence-electron chi connectivity index (χ3n) is 4.77. The molecule has 0 aliphatic heterocycles. The number of hydrogen-bond donors (Lipinski definition) is 6. The van der Waals surface area contributed by atoms with Crippen LogP contribution in [0, 0.1) is 0 Å². The van der Waals surface area contributed by atoms with Gasteiger partial charge in [0.1, 0.15) is 21.5 Å². The van der Waals surface area contributed by atoms with E-state index in [0.717, 1.165) is 0 Å². The zero-order chi connectivity index (χ0) is 27.5. The molecule has 2 amide bonds. The van der Waals surface area contributed by atoms with Gasteiger partial charge in [-0.2, -0.15) is 0 Å². The fourth-order valence-corrected chi connectivity index (χ4v) is 3.70. The topological polar surface area (TPSA) is 188 Å². The van der Waals surface area contributed by atoms with Gasteiger partial charge in [-0.05, 0) is 61.1 Å². The van der Waals surface area contributed by atoms with Crippen LogP contribution in [0.1, 0.15) is 34.8 Å². The predicted octanol–water partition coefficient (Wildman–Crippen LogP) is 2.55. The van der Waals surface area contributed by atoms with Crippen molar-refractivity contribution >= 4 is 55.4 Å². The number of rotatable bonds is 5. The predicted molar refractivity (Wildman–Crippen MR) is 146 cm³/mol. The van der Waals surface area contributed by atoms with Gasteiger partial charge in [-0.15, -0.1) is 0 Å². The number of fused-ring (bicyclic) bond motifs is 2. The second-order valence-corrected chi connectivity index (χ2v) is 7.78. The molecule has 0 aromatic carbocycles. The van der Waals surface area contributed by atoms with E-state index in [9.17, 15) is 19.8 Å². The lowest BCUT2D eigenvalue weighted by molar-refractivity contribution is 0.0939. The maximum absolute atomic E-state index is 11.8. The second-order valence-electron chi connectivity index (χ2n) is 7.03. The van der Waals surface area contributed by atoms with Gasteiger partial charge in [0.25, 0.3) is 11.8 Å². The number of aromatic hydroxyl groups is 2. The molecule has 4 aromatic rings. The van der Waals surface area contributed by atoms with Crippen LogP contribution in [-0.2, 0) is 0 Å². The number of halogens is 1. The molecule has 13 heteroatoms. The standard InChI is InChI=1S/C12H14N4O2.C11H10BrN3O2.CH5N/c1-3-14-12(18)9-10(17)8-7(5-4-6-15-8)11(13-2)16-9;1-2-13-11(17)8-9(16)7-6(10(12)15-8)4-3-5-14-7;1-2/h4-6,17H,3H2,1-2H3,(H,13,16)(H,14,18);3-5,16H,2H2,1H3,(H,13,17);2H2,1H3. The summed E-state index contributed by atoms with van der Waals surface area (Å²) < 4.78 is 0.486. The van der Waals surface area contributed by atoms with Crippen LogP contribution in [0.15, 0.2) is 41.3 Å². The average molecular weight is 573 g/mol. The molecule has 196 valence electrons. The Morgan fingerprint density at radius 3 is 1.81 bits per heavy atom. The molecule has 37 heavy (non-hydrogen) atoms. The second kappa shape index (κ2) is 13.8. The molecule has 0 spiro atoms. The van der Waals surface area contributed by atoms with Gasteiger partial charge < -0.3 is 31.9 Å². The summed E-state index contributed by atoms with van der Waals surface area (Å²) in [6.45, 7) is 4.53. The number of nitrogens with zero attached hydrogens (tertiary/aromatic N) is 4. The lowest BCUT2D eigenvalue weighted by atomic mass is 10.2. The normalized spacial score (nSPS) is 10.0. The Morgan fingerprint density at radius 2 is 1.32 bits per heavy atom. The van der Waals surface area contributed by atoms with E-state index >= 15 is 0 Å². The van der Waals surface area contributed by atoms with Gasteiger partial charge in [0.2, 0.25) is 0 Å². The molecule has 0 radical (unpaired) electrons. The first-order valence-corrected chi connectivity index (χ1v) is 12.1. The van der Waals surface area contributed by atoms with E-state index in [1.54, 1.807) is 57.6 Å². The molecule has 12 nitrogen and oxygen atoms in total. The molecule has 0 aliphatic rings. The largest absolute Gasteiger partial charge is 0.504 e. The van der Waals surface area contributed by atoms with Crippen molar-refractivity contribution in [1.29, 1.82) is 0 Å². The number of anilines is 1. The van der Waals surface area contributed by atoms with E-state index in [-0.39, 0.29) is 22.9 Å². The molecule has 4 aromatic heterocycles. The molecule has 7 N–H and O–H groups in total. The summed E-state index contributed by atoms with van der Waals surface area (Å²) in [5.74, 6) is -0.722. The quantitative estimate of drug-likeness (QED) is 0.194. The first kappa shape index (κ1) is 29.1. The Kier molecular flexibility index (Phi) is 10.9. The Hall–Kier alpha value is -4.10. The molecule has 4 heterocycles. The fraction of sp³-hybridized carbons (Fsp3) is 0.250. The summed E-state index contributed by atoms with van der Waals surface area (Å²) >= 11 is 3.26. The fourth-order valence-electron chi connectivity index (χ4n) is 3.20. The van der Waals surface area contributed by atoms with Crippen molar-refractivity contribution < 1.29 is 19.8 Å². The summed E-state index contributed by atoms with van der Waals surface area (Å²) in [4.78, 5) is 39.8. The Labute approximate surface area is 221 Å². The van der Waals surface area contributed by atoms with Crippen LogP contribution in [0.2, 0.25) is 0 Å². The molecule has 0 aliphatic carbocycles. The third kappa shape index (κ3) is 6.57.